The van der Waals surface area contributed by atoms with E-state index in [2.05, 4.69) is 12.2 Å². The number of benzene rings is 1. The Kier molecular flexibility index (Phi) is 9.31. The maximum absolute atomic E-state index is 13.3. The van der Waals surface area contributed by atoms with E-state index in [1.807, 2.05) is 33.8 Å². The Morgan fingerprint density at radius 1 is 1.07 bits per heavy atom. The maximum atomic E-state index is 13.3. The van der Waals surface area contributed by atoms with Crippen molar-refractivity contribution in [2.45, 2.75) is 71.6 Å². The Morgan fingerprint density at radius 2 is 1.63 bits per heavy atom. The molecule has 0 spiro atoms. The van der Waals surface area contributed by atoms with Crippen LogP contribution >= 0.6 is 0 Å². The van der Waals surface area contributed by atoms with Gasteiger partial charge in [0.15, 0.2) is 0 Å². The molecule has 0 unspecified atom stereocenters. The molecular weight excluding hydrogens is 400 g/mol. The second-order valence-electron chi connectivity index (χ2n) is 8.38. The number of nitrogens with zero attached hydrogens (tertiary/aromatic N) is 1. The van der Waals surface area contributed by atoms with Crippen molar-refractivity contribution in [1.82, 2.24) is 9.62 Å². The van der Waals surface area contributed by atoms with E-state index in [9.17, 15) is 13.2 Å². The highest BCUT2D eigenvalue weighted by molar-refractivity contribution is 7.89. The van der Waals surface area contributed by atoms with Crippen LogP contribution in [-0.4, -0.2) is 51.5 Å². The summed E-state index contributed by atoms with van der Waals surface area (Å²) in [5.74, 6) is -0.0988. The zero-order valence-electron chi connectivity index (χ0n) is 19.2. The molecule has 0 saturated carbocycles. The smallest absolute Gasteiger partial charge is 0.243 e. The van der Waals surface area contributed by atoms with Crippen LogP contribution in [0.5, 0.6) is 0 Å². The molecule has 170 valence electrons. The lowest BCUT2D eigenvalue weighted by Crippen LogP contribution is -2.43. The summed E-state index contributed by atoms with van der Waals surface area (Å²) in [5, 5.41) is 2.97. The number of unbranched alkanes of at least 4 members (excludes halogenated alkanes) is 1. The molecule has 0 atom stereocenters. The summed E-state index contributed by atoms with van der Waals surface area (Å²) in [6.45, 7) is 12.6. The number of ether oxygens (including phenoxy) is 1. The molecule has 1 saturated heterocycles. The van der Waals surface area contributed by atoms with E-state index in [-0.39, 0.29) is 11.8 Å². The van der Waals surface area contributed by atoms with E-state index < -0.39 is 10.0 Å². The van der Waals surface area contributed by atoms with Crippen LogP contribution in [0, 0.1) is 33.6 Å². The second-order valence-corrected chi connectivity index (χ2v) is 10.3. The van der Waals surface area contributed by atoms with Crippen molar-refractivity contribution in [2.24, 2.45) is 5.92 Å². The number of nitrogens with one attached hydrogen (secondary N) is 1. The topological polar surface area (TPSA) is 75.7 Å². The molecule has 0 radical (unpaired) electrons. The van der Waals surface area contributed by atoms with Gasteiger partial charge in [-0.3, -0.25) is 4.79 Å². The molecule has 1 aliphatic rings. The van der Waals surface area contributed by atoms with Gasteiger partial charge in [0.1, 0.15) is 0 Å². The largest absolute Gasteiger partial charge is 0.381 e. The van der Waals surface area contributed by atoms with Crippen LogP contribution < -0.4 is 5.32 Å². The molecule has 7 heteroatoms. The van der Waals surface area contributed by atoms with Gasteiger partial charge in [-0.25, -0.2) is 8.42 Å². The molecule has 0 aliphatic carbocycles. The molecule has 0 bridgehead atoms. The van der Waals surface area contributed by atoms with Gasteiger partial charge in [-0.15, -0.1) is 0 Å². The van der Waals surface area contributed by atoms with E-state index in [4.69, 9.17) is 4.74 Å². The number of carbonyl (C=O) groups excluding carboxylic acids is 1. The quantitative estimate of drug-likeness (QED) is 0.566. The Bertz CT molecular complexity index is 802. The van der Waals surface area contributed by atoms with Crippen molar-refractivity contribution in [1.29, 1.82) is 0 Å². The van der Waals surface area contributed by atoms with Crippen molar-refractivity contribution >= 4 is 15.9 Å². The van der Waals surface area contributed by atoms with Gasteiger partial charge in [-0.2, -0.15) is 4.31 Å². The fraction of sp³-hybridized carbons (Fsp3) is 0.696. The minimum Gasteiger partial charge on any atom is -0.381 e. The minimum atomic E-state index is -3.56. The third-order valence-corrected chi connectivity index (χ3v) is 8.30. The predicted molar refractivity (Wildman–Crippen MR) is 120 cm³/mol. The number of hydrogen-bond donors (Lipinski definition) is 1. The zero-order valence-corrected chi connectivity index (χ0v) is 20.0. The average Bonchev–Trinajstić information content (AvgIpc) is 2.71. The van der Waals surface area contributed by atoms with Crippen LogP contribution in [-0.2, 0) is 19.6 Å². The number of rotatable bonds is 10. The van der Waals surface area contributed by atoms with Crippen molar-refractivity contribution in [3.8, 4) is 0 Å². The molecule has 1 heterocycles. The number of aryl methyl sites for hydroxylation is 2. The standard InChI is InChI=1S/C23H38N2O4S/c1-6-7-14-29-15-8-11-24-23(26)21-9-12-25(13-10-21)30(27,28)22-19(4)17(2)16-18(3)20(22)5/h16,21H,6-15H2,1-5H3,(H,24,26). The molecule has 30 heavy (non-hydrogen) atoms. The maximum Gasteiger partial charge on any atom is 0.243 e. The van der Waals surface area contributed by atoms with Crippen LogP contribution in [0.1, 0.15) is 61.3 Å². The normalized spacial score (nSPS) is 16.0. The first kappa shape index (κ1) is 24.8. The zero-order chi connectivity index (χ0) is 22.3. The molecule has 6 nitrogen and oxygen atoms in total. The summed E-state index contributed by atoms with van der Waals surface area (Å²) in [7, 11) is -3.56. The average molecular weight is 439 g/mol. The Balaban J connectivity index is 1.89. The van der Waals surface area contributed by atoms with Crippen molar-refractivity contribution in [2.75, 3.05) is 32.8 Å². The third kappa shape index (κ3) is 6.05. The molecule has 1 amide bonds. The van der Waals surface area contributed by atoms with Crippen molar-refractivity contribution in [3.05, 3.63) is 28.3 Å². The Hall–Kier alpha value is -1.44. The Labute approximate surface area is 182 Å². The molecule has 1 N–H and O–H groups in total. The third-order valence-electron chi connectivity index (χ3n) is 6.13. The van der Waals surface area contributed by atoms with Gasteiger partial charge in [0, 0.05) is 38.8 Å². The highest BCUT2D eigenvalue weighted by Gasteiger charge is 2.34. The molecule has 1 aromatic rings. The first-order valence-corrected chi connectivity index (χ1v) is 12.6. The lowest BCUT2D eigenvalue weighted by atomic mass is 9.97. The summed E-state index contributed by atoms with van der Waals surface area (Å²) >= 11 is 0. The Morgan fingerprint density at radius 3 is 2.20 bits per heavy atom. The van der Waals surface area contributed by atoms with Crippen LogP contribution in [0.25, 0.3) is 0 Å². The van der Waals surface area contributed by atoms with E-state index in [1.54, 1.807) is 4.31 Å². The van der Waals surface area contributed by atoms with Gasteiger partial charge in [-0.05, 0) is 75.6 Å². The first-order valence-electron chi connectivity index (χ1n) is 11.1. The summed E-state index contributed by atoms with van der Waals surface area (Å²) < 4.78 is 33.7. The van der Waals surface area contributed by atoms with Crippen molar-refractivity contribution in [3.63, 3.8) is 0 Å². The second kappa shape index (κ2) is 11.3. The summed E-state index contributed by atoms with van der Waals surface area (Å²) in [4.78, 5) is 12.9. The molecule has 1 fully saturated rings. The van der Waals surface area contributed by atoms with Gasteiger partial charge in [0.05, 0.1) is 4.90 Å². The van der Waals surface area contributed by atoms with Crippen LogP contribution in [0.2, 0.25) is 0 Å². The van der Waals surface area contributed by atoms with Crippen molar-refractivity contribution < 1.29 is 17.9 Å². The monoisotopic (exact) mass is 438 g/mol. The number of amides is 1. The molecular formula is C23H38N2O4S. The SMILES string of the molecule is CCCCOCCCNC(=O)C1CCN(S(=O)(=O)c2c(C)c(C)cc(C)c2C)CC1. The predicted octanol–water partition coefficient (Wildman–Crippen LogP) is 3.64. The first-order chi connectivity index (χ1) is 14.2. The summed E-state index contributed by atoms with van der Waals surface area (Å²) in [6.07, 6.45) is 4.10. The number of sulfonamides is 1. The van der Waals surface area contributed by atoms with Gasteiger partial charge < -0.3 is 10.1 Å². The van der Waals surface area contributed by atoms with Gasteiger partial charge >= 0.3 is 0 Å². The molecule has 0 aromatic heterocycles. The van der Waals surface area contributed by atoms with Crippen LogP contribution in [0.4, 0.5) is 0 Å². The van der Waals surface area contributed by atoms with E-state index >= 15 is 0 Å². The highest BCUT2D eigenvalue weighted by Crippen LogP contribution is 2.31. The fourth-order valence-electron chi connectivity index (χ4n) is 3.93. The van der Waals surface area contributed by atoms with Crippen LogP contribution in [0.15, 0.2) is 11.0 Å². The lowest BCUT2D eigenvalue weighted by Gasteiger charge is -2.31. The molecule has 1 aromatic carbocycles. The highest BCUT2D eigenvalue weighted by atomic mass is 32.2. The van der Waals surface area contributed by atoms with E-state index in [1.165, 1.54) is 0 Å². The summed E-state index contributed by atoms with van der Waals surface area (Å²) in [5.41, 5.74) is 3.62. The minimum absolute atomic E-state index is 0.0272. The molecule has 1 aliphatic heterocycles. The van der Waals surface area contributed by atoms with E-state index in [0.717, 1.165) is 48.1 Å². The number of piperidine rings is 1. The van der Waals surface area contributed by atoms with Gasteiger partial charge in [0.2, 0.25) is 15.9 Å². The summed E-state index contributed by atoms with van der Waals surface area (Å²) in [6, 6.07) is 2.04. The molecule has 2 rings (SSSR count). The lowest BCUT2D eigenvalue weighted by molar-refractivity contribution is -0.126. The van der Waals surface area contributed by atoms with Gasteiger partial charge in [0.25, 0.3) is 0 Å². The van der Waals surface area contributed by atoms with Crippen LogP contribution in [0.3, 0.4) is 0 Å². The van der Waals surface area contributed by atoms with Gasteiger partial charge in [-0.1, -0.05) is 19.4 Å². The number of hydrogen-bond acceptors (Lipinski definition) is 4. The number of carbonyl (C=O) groups is 1. The van der Waals surface area contributed by atoms with E-state index in [0.29, 0.717) is 44.0 Å². The fourth-order valence-corrected chi connectivity index (χ4v) is 5.98.